The highest BCUT2D eigenvalue weighted by atomic mass is 35.5. The first-order valence-electron chi connectivity index (χ1n) is 7.28. The summed E-state index contributed by atoms with van der Waals surface area (Å²) in [5.41, 5.74) is 1.42. The summed E-state index contributed by atoms with van der Waals surface area (Å²) in [5, 5.41) is 4.44. The number of hydrogen-bond donors (Lipinski definition) is 1. The van der Waals surface area contributed by atoms with E-state index >= 15 is 0 Å². The molecule has 1 atom stereocenters. The van der Waals surface area contributed by atoms with Crippen LogP contribution >= 0.6 is 11.6 Å². The summed E-state index contributed by atoms with van der Waals surface area (Å²) in [6, 6.07) is 12.1. The van der Waals surface area contributed by atoms with Crippen molar-refractivity contribution in [3.63, 3.8) is 0 Å². The van der Waals surface area contributed by atoms with Crippen LogP contribution in [0.15, 0.2) is 42.5 Å². The van der Waals surface area contributed by atoms with Gasteiger partial charge in [0.1, 0.15) is 0 Å². The molecule has 7 heteroatoms. The van der Waals surface area contributed by atoms with Gasteiger partial charge in [0.25, 0.3) is 5.79 Å². The molecular formula is C17H17ClN2O4. The molecule has 24 heavy (non-hydrogen) atoms. The van der Waals surface area contributed by atoms with Crippen molar-refractivity contribution in [2.45, 2.75) is 12.7 Å². The number of hydroxylamine groups is 2. The lowest BCUT2D eigenvalue weighted by Gasteiger charge is -2.23. The van der Waals surface area contributed by atoms with Crippen molar-refractivity contribution < 1.29 is 19.1 Å². The minimum Gasteiger partial charge on any atom is -0.445 e. The van der Waals surface area contributed by atoms with Crippen molar-refractivity contribution in [1.29, 1.82) is 0 Å². The van der Waals surface area contributed by atoms with E-state index in [1.807, 2.05) is 19.1 Å². The van der Waals surface area contributed by atoms with Gasteiger partial charge in [-0.1, -0.05) is 11.6 Å². The molecule has 1 aliphatic heterocycles. The highest BCUT2D eigenvalue weighted by Crippen LogP contribution is 2.45. The number of halogens is 1. The van der Waals surface area contributed by atoms with Crippen LogP contribution in [0.3, 0.4) is 0 Å². The Bertz CT molecular complexity index is 766. The van der Waals surface area contributed by atoms with Gasteiger partial charge < -0.3 is 14.8 Å². The first kappa shape index (κ1) is 16.4. The quantitative estimate of drug-likeness (QED) is 0.851. The number of nitrogens with zero attached hydrogens (tertiary/aromatic N) is 1. The fourth-order valence-corrected chi connectivity index (χ4v) is 2.47. The maximum Gasteiger partial charge on any atom is 0.345 e. The SMILES string of the molecule is CON(C)C(=O)Nc1ccc2c(c1)OC(C)(c1ccc(Cl)cc1)O2. The Hall–Kier alpha value is -2.44. The number of benzene rings is 2. The van der Waals surface area contributed by atoms with Gasteiger partial charge in [-0.3, -0.25) is 4.84 Å². The number of anilines is 1. The van der Waals surface area contributed by atoms with E-state index in [9.17, 15) is 4.79 Å². The summed E-state index contributed by atoms with van der Waals surface area (Å²) in [6.07, 6.45) is 0. The van der Waals surface area contributed by atoms with Gasteiger partial charge in [-0.2, -0.15) is 0 Å². The van der Waals surface area contributed by atoms with Gasteiger partial charge in [-0.25, -0.2) is 9.86 Å². The number of fused-ring (bicyclic) bond motifs is 1. The van der Waals surface area contributed by atoms with Crippen LogP contribution in [0.1, 0.15) is 12.5 Å². The van der Waals surface area contributed by atoms with Crippen LogP contribution in [0.2, 0.25) is 5.02 Å². The molecule has 2 amide bonds. The Labute approximate surface area is 144 Å². The standard InChI is InChI=1S/C17H17ClN2O4/c1-17(11-4-6-12(18)7-5-11)23-14-9-8-13(10-15(14)24-17)19-16(21)20(2)22-3/h4-10H,1-3H3,(H,19,21). The zero-order chi connectivity index (χ0) is 17.3. The first-order chi connectivity index (χ1) is 11.4. The zero-order valence-corrected chi connectivity index (χ0v) is 14.3. The second kappa shape index (κ2) is 6.22. The molecule has 1 heterocycles. The molecule has 1 N–H and O–H groups in total. The molecule has 3 rings (SSSR count). The minimum atomic E-state index is -0.946. The number of urea groups is 1. The van der Waals surface area contributed by atoms with Crippen LogP contribution in [0.5, 0.6) is 11.5 Å². The topological polar surface area (TPSA) is 60.0 Å². The van der Waals surface area contributed by atoms with Crippen molar-refractivity contribution in [2.75, 3.05) is 19.5 Å². The van der Waals surface area contributed by atoms with Crippen LogP contribution in [0.25, 0.3) is 0 Å². The van der Waals surface area contributed by atoms with Gasteiger partial charge in [0.2, 0.25) is 0 Å². The summed E-state index contributed by atoms with van der Waals surface area (Å²) >= 11 is 5.92. The molecule has 0 aromatic heterocycles. The predicted molar refractivity (Wildman–Crippen MR) is 90.3 cm³/mol. The largest absolute Gasteiger partial charge is 0.445 e. The maximum absolute atomic E-state index is 11.8. The van der Waals surface area contributed by atoms with E-state index in [2.05, 4.69) is 5.32 Å². The number of rotatable bonds is 3. The average Bonchev–Trinajstić information content (AvgIpc) is 2.91. The second-order valence-electron chi connectivity index (χ2n) is 5.43. The number of nitrogens with one attached hydrogen (secondary N) is 1. The smallest absolute Gasteiger partial charge is 0.345 e. The van der Waals surface area contributed by atoms with Crippen molar-refractivity contribution in [1.82, 2.24) is 5.06 Å². The lowest BCUT2D eigenvalue weighted by Crippen LogP contribution is -2.31. The molecule has 2 aromatic carbocycles. The summed E-state index contributed by atoms with van der Waals surface area (Å²) in [4.78, 5) is 16.7. The third-order valence-corrected chi connectivity index (χ3v) is 3.98. The van der Waals surface area contributed by atoms with E-state index in [0.717, 1.165) is 10.6 Å². The maximum atomic E-state index is 11.8. The number of carbonyl (C=O) groups excluding carboxylic acids is 1. The lowest BCUT2D eigenvalue weighted by atomic mass is 10.1. The van der Waals surface area contributed by atoms with Crippen molar-refractivity contribution >= 4 is 23.3 Å². The minimum absolute atomic E-state index is 0.392. The molecule has 0 radical (unpaired) electrons. The van der Waals surface area contributed by atoms with Gasteiger partial charge in [0.05, 0.1) is 7.11 Å². The van der Waals surface area contributed by atoms with E-state index in [-0.39, 0.29) is 0 Å². The van der Waals surface area contributed by atoms with Crippen LogP contribution in [-0.2, 0) is 10.6 Å². The van der Waals surface area contributed by atoms with Gasteiger partial charge in [-0.05, 0) is 36.4 Å². The highest BCUT2D eigenvalue weighted by Gasteiger charge is 2.38. The van der Waals surface area contributed by atoms with E-state index < -0.39 is 11.8 Å². The Morgan fingerprint density at radius 3 is 2.50 bits per heavy atom. The molecule has 0 aliphatic carbocycles. The molecule has 126 valence electrons. The fourth-order valence-electron chi connectivity index (χ4n) is 2.35. The molecular weight excluding hydrogens is 332 g/mol. The van der Waals surface area contributed by atoms with E-state index in [1.54, 1.807) is 30.3 Å². The molecule has 1 aliphatic rings. The predicted octanol–water partition coefficient (Wildman–Crippen LogP) is 4.01. The summed E-state index contributed by atoms with van der Waals surface area (Å²) in [6.45, 7) is 1.83. The van der Waals surface area contributed by atoms with Crippen molar-refractivity contribution in [3.8, 4) is 11.5 Å². The highest BCUT2D eigenvalue weighted by molar-refractivity contribution is 6.30. The number of carbonyl (C=O) groups is 1. The van der Waals surface area contributed by atoms with E-state index in [0.29, 0.717) is 22.2 Å². The van der Waals surface area contributed by atoms with E-state index in [4.69, 9.17) is 25.9 Å². The molecule has 0 saturated carbocycles. The van der Waals surface area contributed by atoms with Gasteiger partial charge in [0, 0.05) is 36.3 Å². The lowest BCUT2D eigenvalue weighted by molar-refractivity contribution is -0.0680. The molecule has 1 unspecified atom stereocenters. The van der Waals surface area contributed by atoms with Crippen molar-refractivity contribution in [2.24, 2.45) is 0 Å². The summed E-state index contributed by atoms with van der Waals surface area (Å²) in [5.74, 6) is 0.203. The number of ether oxygens (including phenoxy) is 2. The van der Waals surface area contributed by atoms with Gasteiger partial charge >= 0.3 is 6.03 Å². The van der Waals surface area contributed by atoms with Gasteiger partial charge in [0.15, 0.2) is 11.5 Å². The monoisotopic (exact) mass is 348 g/mol. The molecule has 6 nitrogen and oxygen atoms in total. The summed E-state index contributed by atoms with van der Waals surface area (Å²) < 4.78 is 11.9. The Morgan fingerprint density at radius 2 is 1.83 bits per heavy atom. The van der Waals surface area contributed by atoms with Crippen LogP contribution in [-0.4, -0.2) is 25.3 Å². The molecule has 0 bridgehead atoms. The van der Waals surface area contributed by atoms with Crippen LogP contribution < -0.4 is 14.8 Å². The number of hydrogen-bond acceptors (Lipinski definition) is 4. The Kier molecular flexibility index (Phi) is 4.26. The second-order valence-corrected chi connectivity index (χ2v) is 5.86. The average molecular weight is 349 g/mol. The third kappa shape index (κ3) is 3.11. The molecule has 0 spiro atoms. The molecule has 2 aromatic rings. The van der Waals surface area contributed by atoms with Crippen LogP contribution in [0, 0.1) is 0 Å². The van der Waals surface area contributed by atoms with Crippen molar-refractivity contribution in [3.05, 3.63) is 53.1 Å². The fraction of sp³-hybridized carbons (Fsp3) is 0.235. The molecule has 0 saturated heterocycles. The Morgan fingerprint density at radius 1 is 1.17 bits per heavy atom. The molecule has 0 fully saturated rings. The first-order valence-corrected chi connectivity index (χ1v) is 7.66. The normalized spacial score (nSPS) is 18.3. The van der Waals surface area contributed by atoms with Crippen LogP contribution in [0.4, 0.5) is 10.5 Å². The Balaban J connectivity index is 1.80. The van der Waals surface area contributed by atoms with Gasteiger partial charge in [-0.15, -0.1) is 0 Å². The zero-order valence-electron chi connectivity index (χ0n) is 13.5. The number of amides is 2. The summed E-state index contributed by atoms with van der Waals surface area (Å²) in [7, 11) is 2.93. The third-order valence-electron chi connectivity index (χ3n) is 3.73. The van der Waals surface area contributed by atoms with E-state index in [1.165, 1.54) is 14.2 Å².